The summed E-state index contributed by atoms with van der Waals surface area (Å²) >= 11 is 0. The van der Waals surface area contributed by atoms with Crippen molar-refractivity contribution in [1.82, 2.24) is 0 Å². The maximum absolute atomic E-state index is 11.0. The highest BCUT2D eigenvalue weighted by Gasteiger charge is 2.27. The fourth-order valence-electron chi connectivity index (χ4n) is 2.56. The highest BCUT2D eigenvalue weighted by Crippen LogP contribution is 2.33. The van der Waals surface area contributed by atoms with E-state index in [9.17, 15) is 4.79 Å². The minimum Gasteiger partial charge on any atom is -0.478 e. The molecule has 4 nitrogen and oxygen atoms in total. The van der Waals surface area contributed by atoms with E-state index in [-0.39, 0.29) is 0 Å². The molecular formula is C13H18N2O2. The fraction of sp³-hybridized carbons (Fsp3) is 0.462. The van der Waals surface area contributed by atoms with Gasteiger partial charge in [-0.2, -0.15) is 0 Å². The Bertz CT molecular complexity index is 445. The van der Waals surface area contributed by atoms with Crippen LogP contribution in [0.15, 0.2) is 18.2 Å². The number of rotatable bonds is 2. The third-order valence-electron chi connectivity index (χ3n) is 3.37. The van der Waals surface area contributed by atoms with Crippen molar-refractivity contribution in [2.45, 2.75) is 26.3 Å². The molecule has 0 bridgehead atoms. The maximum atomic E-state index is 11.0. The first-order valence-electron chi connectivity index (χ1n) is 5.88. The van der Waals surface area contributed by atoms with Crippen LogP contribution in [-0.2, 0) is 0 Å². The van der Waals surface area contributed by atoms with Gasteiger partial charge in [0.2, 0.25) is 0 Å². The van der Waals surface area contributed by atoms with Crippen LogP contribution in [0.5, 0.6) is 0 Å². The molecule has 2 atom stereocenters. The zero-order chi connectivity index (χ0) is 12.6. The molecule has 4 heteroatoms. The summed E-state index contributed by atoms with van der Waals surface area (Å²) in [6.07, 6.45) is 1.12. The van der Waals surface area contributed by atoms with E-state index >= 15 is 0 Å². The topological polar surface area (TPSA) is 66.6 Å². The standard InChI is InChI=1S/C13H18N2O2/c1-8-5-9(2)15(7-8)12-6-10(13(16)17)3-4-11(12)14/h3-4,6,8-9H,5,7,14H2,1-2H3,(H,16,17). The summed E-state index contributed by atoms with van der Waals surface area (Å²) in [5.41, 5.74) is 7.73. The second kappa shape index (κ2) is 4.28. The fourth-order valence-corrected chi connectivity index (χ4v) is 2.56. The largest absolute Gasteiger partial charge is 0.478 e. The lowest BCUT2D eigenvalue weighted by molar-refractivity contribution is 0.0697. The molecule has 1 saturated heterocycles. The van der Waals surface area contributed by atoms with Gasteiger partial charge in [-0.05, 0) is 37.5 Å². The number of nitrogen functional groups attached to an aromatic ring is 1. The van der Waals surface area contributed by atoms with Crippen LogP contribution in [0.3, 0.4) is 0 Å². The van der Waals surface area contributed by atoms with Gasteiger partial charge in [0.25, 0.3) is 0 Å². The number of nitrogens with two attached hydrogens (primary N) is 1. The van der Waals surface area contributed by atoms with Gasteiger partial charge in [0.1, 0.15) is 0 Å². The predicted molar refractivity (Wildman–Crippen MR) is 68.4 cm³/mol. The van der Waals surface area contributed by atoms with Crippen molar-refractivity contribution in [3.8, 4) is 0 Å². The lowest BCUT2D eigenvalue weighted by Crippen LogP contribution is -2.27. The highest BCUT2D eigenvalue weighted by atomic mass is 16.4. The number of carboxylic acid groups (broad SMARTS) is 1. The summed E-state index contributed by atoms with van der Waals surface area (Å²) in [6.45, 7) is 5.29. The van der Waals surface area contributed by atoms with Crippen LogP contribution in [0.25, 0.3) is 0 Å². The van der Waals surface area contributed by atoms with Gasteiger partial charge in [-0.3, -0.25) is 0 Å². The zero-order valence-corrected chi connectivity index (χ0v) is 10.2. The third-order valence-corrected chi connectivity index (χ3v) is 3.37. The summed E-state index contributed by atoms with van der Waals surface area (Å²) in [4.78, 5) is 13.2. The normalized spacial score (nSPS) is 24.0. The number of benzene rings is 1. The smallest absolute Gasteiger partial charge is 0.335 e. The Hall–Kier alpha value is -1.71. The summed E-state index contributed by atoms with van der Waals surface area (Å²) in [7, 11) is 0. The molecule has 2 unspecified atom stereocenters. The minimum atomic E-state index is -0.911. The van der Waals surface area contributed by atoms with Crippen molar-refractivity contribution >= 4 is 17.3 Å². The molecule has 0 spiro atoms. The molecule has 17 heavy (non-hydrogen) atoms. The quantitative estimate of drug-likeness (QED) is 0.770. The van der Waals surface area contributed by atoms with E-state index in [1.165, 1.54) is 0 Å². The molecule has 0 radical (unpaired) electrons. The maximum Gasteiger partial charge on any atom is 0.335 e. The number of nitrogens with zero attached hydrogens (tertiary/aromatic N) is 1. The van der Waals surface area contributed by atoms with Gasteiger partial charge in [-0.25, -0.2) is 4.79 Å². The second-order valence-corrected chi connectivity index (χ2v) is 4.92. The van der Waals surface area contributed by atoms with Crippen molar-refractivity contribution < 1.29 is 9.90 Å². The summed E-state index contributed by atoms with van der Waals surface area (Å²) in [5, 5.41) is 9.00. The van der Waals surface area contributed by atoms with Crippen molar-refractivity contribution in [2.75, 3.05) is 17.2 Å². The Balaban J connectivity index is 2.37. The van der Waals surface area contributed by atoms with Crippen LogP contribution < -0.4 is 10.6 Å². The number of hydrogen-bond acceptors (Lipinski definition) is 3. The predicted octanol–water partition coefficient (Wildman–Crippen LogP) is 2.20. The molecule has 1 heterocycles. The van der Waals surface area contributed by atoms with E-state index in [1.807, 2.05) is 0 Å². The molecule has 1 aliphatic rings. The van der Waals surface area contributed by atoms with Gasteiger partial charge in [0, 0.05) is 12.6 Å². The monoisotopic (exact) mass is 234 g/mol. The van der Waals surface area contributed by atoms with Gasteiger partial charge >= 0.3 is 5.97 Å². The van der Waals surface area contributed by atoms with Crippen LogP contribution >= 0.6 is 0 Å². The summed E-state index contributed by atoms with van der Waals surface area (Å²) in [6, 6.07) is 5.31. The van der Waals surface area contributed by atoms with Crippen LogP contribution in [0.4, 0.5) is 11.4 Å². The van der Waals surface area contributed by atoms with E-state index in [1.54, 1.807) is 18.2 Å². The van der Waals surface area contributed by atoms with Crippen LogP contribution in [0, 0.1) is 5.92 Å². The van der Waals surface area contributed by atoms with Crippen LogP contribution in [0.2, 0.25) is 0 Å². The van der Waals surface area contributed by atoms with Gasteiger partial charge in [0.15, 0.2) is 0 Å². The lowest BCUT2D eigenvalue weighted by Gasteiger charge is -2.25. The van der Waals surface area contributed by atoms with E-state index < -0.39 is 5.97 Å². The van der Waals surface area contributed by atoms with E-state index in [2.05, 4.69) is 18.7 Å². The summed E-state index contributed by atoms with van der Waals surface area (Å²) in [5.74, 6) is -0.288. The Labute approximate surface area is 101 Å². The van der Waals surface area contributed by atoms with Crippen molar-refractivity contribution in [2.24, 2.45) is 5.92 Å². The summed E-state index contributed by atoms with van der Waals surface area (Å²) < 4.78 is 0. The number of carbonyl (C=O) groups is 1. The Kier molecular flexibility index (Phi) is 2.96. The SMILES string of the molecule is CC1CC(C)N(c2cc(C(=O)O)ccc2N)C1. The van der Waals surface area contributed by atoms with Crippen LogP contribution in [-0.4, -0.2) is 23.7 Å². The first-order valence-corrected chi connectivity index (χ1v) is 5.88. The average molecular weight is 234 g/mol. The van der Waals surface area contributed by atoms with Crippen LogP contribution in [0.1, 0.15) is 30.6 Å². The molecule has 3 N–H and O–H groups in total. The van der Waals surface area contributed by atoms with Gasteiger partial charge in [-0.1, -0.05) is 6.92 Å². The van der Waals surface area contributed by atoms with Gasteiger partial charge in [0.05, 0.1) is 16.9 Å². The van der Waals surface area contributed by atoms with Crippen molar-refractivity contribution in [3.63, 3.8) is 0 Å². The molecular weight excluding hydrogens is 216 g/mol. The molecule has 0 saturated carbocycles. The van der Waals surface area contributed by atoms with E-state index in [0.717, 1.165) is 18.7 Å². The third kappa shape index (κ3) is 2.20. The molecule has 0 amide bonds. The Morgan fingerprint density at radius 1 is 1.47 bits per heavy atom. The molecule has 1 aromatic rings. The lowest BCUT2D eigenvalue weighted by atomic mass is 10.1. The molecule has 0 aromatic heterocycles. The molecule has 1 aromatic carbocycles. The number of anilines is 2. The Morgan fingerprint density at radius 3 is 2.71 bits per heavy atom. The first-order chi connectivity index (χ1) is 7.99. The van der Waals surface area contributed by atoms with E-state index in [4.69, 9.17) is 10.8 Å². The minimum absolute atomic E-state index is 0.293. The van der Waals surface area contributed by atoms with Gasteiger partial charge in [-0.15, -0.1) is 0 Å². The van der Waals surface area contributed by atoms with Crippen molar-refractivity contribution in [1.29, 1.82) is 0 Å². The van der Waals surface area contributed by atoms with Gasteiger partial charge < -0.3 is 15.7 Å². The first kappa shape index (κ1) is 11.8. The highest BCUT2D eigenvalue weighted by molar-refractivity contribution is 5.90. The number of carboxylic acids is 1. The molecule has 1 aliphatic heterocycles. The number of hydrogen-bond donors (Lipinski definition) is 2. The zero-order valence-electron chi connectivity index (χ0n) is 10.2. The molecule has 92 valence electrons. The molecule has 1 fully saturated rings. The Morgan fingerprint density at radius 2 is 2.18 bits per heavy atom. The van der Waals surface area contributed by atoms with Crippen molar-refractivity contribution in [3.05, 3.63) is 23.8 Å². The average Bonchev–Trinajstić information content (AvgIpc) is 2.58. The molecule has 0 aliphatic carbocycles. The van der Waals surface area contributed by atoms with E-state index in [0.29, 0.717) is 23.2 Å². The number of aromatic carboxylic acids is 1. The second-order valence-electron chi connectivity index (χ2n) is 4.92. The molecule has 2 rings (SSSR count).